The number of benzene rings is 2. The maximum Gasteiger partial charge on any atom is 0.255 e. The van der Waals surface area contributed by atoms with E-state index in [1.54, 1.807) is 0 Å². The zero-order valence-electron chi connectivity index (χ0n) is 14.2. The molecule has 0 radical (unpaired) electrons. The third kappa shape index (κ3) is 4.46. The normalized spacial score (nSPS) is 15.2. The summed E-state index contributed by atoms with van der Waals surface area (Å²) in [6.07, 6.45) is 3.89. The van der Waals surface area contributed by atoms with Crippen molar-refractivity contribution in [2.75, 3.05) is 5.32 Å². The molecular weight excluding hydrogens is 336 g/mol. The molecule has 2 N–H and O–H groups in total. The minimum absolute atomic E-state index is 0.0225. The number of carbonyl (C=O) groups excluding carboxylic acids is 1. The van der Waals surface area contributed by atoms with E-state index in [-0.39, 0.29) is 16.8 Å². The van der Waals surface area contributed by atoms with Gasteiger partial charge in [0, 0.05) is 17.3 Å². The topological polar surface area (TPSA) is 75.3 Å². The summed E-state index contributed by atoms with van der Waals surface area (Å²) in [4.78, 5) is 12.5. The molecule has 1 saturated carbocycles. The molecule has 3 rings (SSSR count). The van der Waals surface area contributed by atoms with Gasteiger partial charge in [-0.3, -0.25) is 4.79 Å². The summed E-state index contributed by atoms with van der Waals surface area (Å²) in [5.74, 6) is -0.265. The van der Waals surface area contributed by atoms with Crippen LogP contribution >= 0.6 is 0 Å². The van der Waals surface area contributed by atoms with Gasteiger partial charge in [-0.25, -0.2) is 13.1 Å². The van der Waals surface area contributed by atoms with E-state index in [9.17, 15) is 13.2 Å². The van der Waals surface area contributed by atoms with Gasteiger partial charge in [0.05, 0.1) is 4.90 Å². The van der Waals surface area contributed by atoms with Crippen molar-refractivity contribution in [1.82, 2.24) is 4.72 Å². The van der Waals surface area contributed by atoms with Crippen LogP contribution in [-0.4, -0.2) is 20.4 Å². The molecule has 2 aromatic carbocycles. The first-order valence-corrected chi connectivity index (χ1v) is 9.93. The van der Waals surface area contributed by atoms with Crippen LogP contribution in [0.5, 0.6) is 0 Å². The van der Waals surface area contributed by atoms with Crippen LogP contribution in [0.2, 0.25) is 0 Å². The lowest BCUT2D eigenvalue weighted by Crippen LogP contribution is -2.32. The average molecular weight is 358 g/mol. The van der Waals surface area contributed by atoms with Gasteiger partial charge in [-0.2, -0.15) is 0 Å². The first-order chi connectivity index (χ1) is 11.9. The molecule has 1 fully saturated rings. The number of amides is 1. The molecule has 0 heterocycles. The Morgan fingerprint density at radius 2 is 1.72 bits per heavy atom. The fourth-order valence-corrected chi connectivity index (χ4v) is 4.35. The molecular formula is C19H22N2O3S. The van der Waals surface area contributed by atoms with E-state index in [0.29, 0.717) is 11.3 Å². The molecule has 2 aromatic rings. The van der Waals surface area contributed by atoms with Gasteiger partial charge in [0.25, 0.3) is 5.91 Å². The van der Waals surface area contributed by atoms with Crippen LogP contribution in [0.15, 0.2) is 53.4 Å². The Labute approximate surface area is 148 Å². The zero-order valence-corrected chi connectivity index (χ0v) is 15.0. The Morgan fingerprint density at radius 3 is 2.36 bits per heavy atom. The van der Waals surface area contributed by atoms with Gasteiger partial charge in [0.15, 0.2) is 0 Å². The van der Waals surface area contributed by atoms with Gasteiger partial charge in [-0.05, 0) is 61.7 Å². The first kappa shape index (κ1) is 17.6. The number of sulfonamides is 1. The summed E-state index contributed by atoms with van der Waals surface area (Å²) in [5.41, 5.74) is 2.18. The molecule has 0 unspecified atom stereocenters. The molecule has 0 aromatic heterocycles. The van der Waals surface area contributed by atoms with E-state index >= 15 is 0 Å². The maximum atomic E-state index is 12.4. The quantitative estimate of drug-likeness (QED) is 0.859. The molecule has 1 aliphatic rings. The van der Waals surface area contributed by atoms with Crippen molar-refractivity contribution >= 4 is 21.6 Å². The van der Waals surface area contributed by atoms with Crippen molar-refractivity contribution in [3.63, 3.8) is 0 Å². The second kappa shape index (κ2) is 7.37. The van der Waals surface area contributed by atoms with E-state index in [4.69, 9.17) is 0 Å². The number of aryl methyl sites for hydroxylation is 1. The minimum atomic E-state index is -3.53. The number of hydrogen-bond acceptors (Lipinski definition) is 3. The highest BCUT2D eigenvalue weighted by Crippen LogP contribution is 2.21. The Morgan fingerprint density at radius 1 is 1.04 bits per heavy atom. The minimum Gasteiger partial charge on any atom is -0.322 e. The first-order valence-electron chi connectivity index (χ1n) is 8.44. The van der Waals surface area contributed by atoms with Gasteiger partial charge >= 0.3 is 0 Å². The third-order valence-electron chi connectivity index (χ3n) is 4.38. The van der Waals surface area contributed by atoms with E-state index in [2.05, 4.69) is 10.0 Å². The molecule has 0 saturated heterocycles. The number of hydrogen-bond donors (Lipinski definition) is 2. The Kier molecular flexibility index (Phi) is 5.20. The highest BCUT2D eigenvalue weighted by Gasteiger charge is 2.23. The molecule has 0 aliphatic heterocycles. The van der Waals surface area contributed by atoms with Gasteiger partial charge in [-0.1, -0.05) is 25.0 Å². The van der Waals surface area contributed by atoms with Crippen LogP contribution in [0.1, 0.15) is 41.6 Å². The molecule has 5 nitrogen and oxygen atoms in total. The highest BCUT2D eigenvalue weighted by molar-refractivity contribution is 7.89. The molecule has 132 valence electrons. The summed E-state index contributed by atoms with van der Waals surface area (Å²) in [6.45, 7) is 1.95. The fraction of sp³-hybridized carbons (Fsp3) is 0.316. The number of nitrogens with one attached hydrogen (secondary N) is 2. The largest absolute Gasteiger partial charge is 0.322 e. The van der Waals surface area contributed by atoms with Gasteiger partial charge in [-0.15, -0.1) is 0 Å². The second-order valence-corrected chi connectivity index (χ2v) is 8.16. The molecule has 0 spiro atoms. The Bertz CT molecular complexity index is 854. The van der Waals surface area contributed by atoms with Gasteiger partial charge < -0.3 is 5.32 Å². The summed E-state index contributed by atoms with van der Waals surface area (Å²) < 4.78 is 27.5. The van der Waals surface area contributed by atoms with Crippen molar-refractivity contribution in [2.24, 2.45) is 0 Å². The van der Waals surface area contributed by atoms with E-state index in [1.807, 2.05) is 31.2 Å². The predicted molar refractivity (Wildman–Crippen MR) is 98.2 cm³/mol. The van der Waals surface area contributed by atoms with Gasteiger partial charge in [0.2, 0.25) is 10.0 Å². The van der Waals surface area contributed by atoms with Crippen molar-refractivity contribution in [3.05, 3.63) is 59.7 Å². The second-order valence-electron chi connectivity index (χ2n) is 6.45. The zero-order chi connectivity index (χ0) is 17.9. The lowest BCUT2D eigenvalue weighted by Gasteiger charge is -2.13. The third-order valence-corrected chi connectivity index (χ3v) is 5.92. The van der Waals surface area contributed by atoms with Crippen LogP contribution < -0.4 is 10.0 Å². The van der Waals surface area contributed by atoms with Gasteiger partial charge in [0.1, 0.15) is 0 Å². The van der Waals surface area contributed by atoms with E-state index in [0.717, 1.165) is 31.2 Å². The molecule has 25 heavy (non-hydrogen) atoms. The van der Waals surface area contributed by atoms with Crippen LogP contribution in [0.3, 0.4) is 0 Å². The summed E-state index contributed by atoms with van der Waals surface area (Å²) >= 11 is 0. The van der Waals surface area contributed by atoms with Crippen molar-refractivity contribution in [3.8, 4) is 0 Å². The smallest absolute Gasteiger partial charge is 0.255 e. The summed E-state index contributed by atoms with van der Waals surface area (Å²) in [5, 5.41) is 2.81. The van der Waals surface area contributed by atoms with Crippen LogP contribution in [-0.2, 0) is 10.0 Å². The van der Waals surface area contributed by atoms with Crippen LogP contribution in [0.4, 0.5) is 5.69 Å². The lowest BCUT2D eigenvalue weighted by molar-refractivity contribution is 0.102. The SMILES string of the molecule is Cc1cccc(NC(=O)c2ccc(S(=O)(=O)NC3CCCC3)cc2)c1. The summed E-state index contributed by atoms with van der Waals surface area (Å²) in [6, 6.07) is 13.6. The van der Waals surface area contributed by atoms with Crippen LogP contribution in [0, 0.1) is 6.92 Å². The highest BCUT2D eigenvalue weighted by atomic mass is 32.2. The Hall–Kier alpha value is -2.18. The predicted octanol–water partition coefficient (Wildman–Crippen LogP) is 3.47. The van der Waals surface area contributed by atoms with E-state index in [1.165, 1.54) is 24.3 Å². The Balaban J connectivity index is 1.69. The van der Waals surface area contributed by atoms with Crippen molar-refractivity contribution in [1.29, 1.82) is 0 Å². The monoisotopic (exact) mass is 358 g/mol. The average Bonchev–Trinajstić information content (AvgIpc) is 3.07. The number of anilines is 1. The molecule has 1 amide bonds. The standard InChI is InChI=1S/C19H22N2O3S/c1-14-5-4-8-17(13-14)20-19(22)15-9-11-18(12-10-15)25(23,24)21-16-6-2-3-7-16/h4-5,8-13,16,21H,2-3,6-7H2,1H3,(H,20,22). The summed E-state index contributed by atoms with van der Waals surface area (Å²) in [7, 11) is -3.53. The molecule has 0 atom stereocenters. The fourth-order valence-electron chi connectivity index (χ4n) is 3.04. The lowest BCUT2D eigenvalue weighted by atomic mass is 10.2. The van der Waals surface area contributed by atoms with E-state index < -0.39 is 10.0 Å². The maximum absolute atomic E-state index is 12.4. The van der Waals surface area contributed by atoms with Crippen LogP contribution in [0.25, 0.3) is 0 Å². The number of carbonyl (C=O) groups is 1. The van der Waals surface area contributed by atoms with Crippen molar-refractivity contribution < 1.29 is 13.2 Å². The molecule has 1 aliphatic carbocycles. The number of rotatable bonds is 5. The molecule has 0 bridgehead atoms. The van der Waals surface area contributed by atoms with Crippen molar-refractivity contribution in [2.45, 2.75) is 43.5 Å². The molecule has 6 heteroatoms.